The van der Waals surface area contributed by atoms with Crippen molar-refractivity contribution in [2.75, 3.05) is 7.11 Å². The van der Waals surface area contributed by atoms with E-state index in [4.69, 9.17) is 10.00 Å². The Morgan fingerprint density at radius 1 is 1.09 bits per heavy atom. The topological polar surface area (TPSA) is 76.6 Å². The third-order valence-electron chi connectivity index (χ3n) is 3.30. The van der Waals surface area contributed by atoms with E-state index in [0.29, 0.717) is 17.9 Å². The molecule has 0 aliphatic rings. The predicted octanol–water partition coefficient (Wildman–Crippen LogP) is 2.27. The molecule has 6 nitrogen and oxygen atoms in total. The van der Waals surface area contributed by atoms with Gasteiger partial charge in [0.25, 0.3) is 0 Å². The quantitative estimate of drug-likeness (QED) is 0.737. The van der Waals surface area contributed by atoms with E-state index in [-0.39, 0.29) is 0 Å². The average molecular weight is 291 g/mol. The normalized spacial score (nSPS) is 10.2. The van der Waals surface area contributed by atoms with Crippen LogP contribution in [0.5, 0.6) is 5.75 Å². The predicted molar refractivity (Wildman–Crippen MR) is 80.1 cm³/mol. The van der Waals surface area contributed by atoms with Crippen LogP contribution in [0.4, 0.5) is 0 Å². The molecule has 1 heterocycles. The Bertz CT molecular complexity index is 800. The van der Waals surface area contributed by atoms with E-state index in [1.807, 2.05) is 36.4 Å². The molecule has 0 bridgehead atoms. The molecule has 0 fully saturated rings. The minimum Gasteiger partial charge on any atom is -0.497 e. The van der Waals surface area contributed by atoms with E-state index >= 15 is 0 Å². The monoisotopic (exact) mass is 291 g/mol. The van der Waals surface area contributed by atoms with Crippen molar-refractivity contribution >= 4 is 0 Å². The number of aromatic nitrogens is 4. The van der Waals surface area contributed by atoms with Gasteiger partial charge in [-0.05, 0) is 52.4 Å². The van der Waals surface area contributed by atoms with Gasteiger partial charge in [-0.3, -0.25) is 0 Å². The molecule has 22 heavy (non-hydrogen) atoms. The summed E-state index contributed by atoms with van der Waals surface area (Å²) in [4.78, 5) is 0. The second-order valence-corrected chi connectivity index (χ2v) is 4.70. The van der Waals surface area contributed by atoms with Crippen molar-refractivity contribution in [3.8, 4) is 23.2 Å². The van der Waals surface area contributed by atoms with Crippen LogP contribution in [-0.4, -0.2) is 27.3 Å². The number of rotatable bonds is 4. The summed E-state index contributed by atoms with van der Waals surface area (Å²) in [7, 11) is 1.64. The zero-order valence-electron chi connectivity index (χ0n) is 12.0. The van der Waals surface area contributed by atoms with Gasteiger partial charge in [0.15, 0.2) is 5.82 Å². The highest BCUT2D eigenvalue weighted by molar-refractivity contribution is 5.56. The third kappa shape index (κ3) is 2.79. The summed E-state index contributed by atoms with van der Waals surface area (Å²) in [6, 6.07) is 17.0. The van der Waals surface area contributed by atoms with Gasteiger partial charge in [-0.15, -0.1) is 5.10 Å². The SMILES string of the molecule is COc1ccc(Cn2nnnc2-c2ccc(C#N)cc2)cc1. The van der Waals surface area contributed by atoms with Gasteiger partial charge in [0.2, 0.25) is 0 Å². The fraction of sp³-hybridized carbons (Fsp3) is 0.125. The van der Waals surface area contributed by atoms with Crippen LogP contribution in [0.3, 0.4) is 0 Å². The molecule has 0 N–H and O–H groups in total. The Labute approximate surface area is 127 Å². The van der Waals surface area contributed by atoms with Crippen molar-refractivity contribution in [2.45, 2.75) is 6.54 Å². The summed E-state index contributed by atoms with van der Waals surface area (Å²) in [5.74, 6) is 1.48. The molecular weight excluding hydrogens is 278 g/mol. The smallest absolute Gasteiger partial charge is 0.182 e. The first-order valence-electron chi connectivity index (χ1n) is 6.70. The fourth-order valence-electron chi connectivity index (χ4n) is 2.12. The van der Waals surface area contributed by atoms with Crippen LogP contribution in [0.1, 0.15) is 11.1 Å². The summed E-state index contributed by atoms with van der Waals surface area (Å²) in [6.07, 6.45) is 0. The fourth-order valence-corrected chi connectivity index (χ4v) is 2.12. The highest BCUT2D eigenvalue weighted by Gasteiger charge is 2.09. The lowest BCUT2D eigenvalue weighted by atomic mass is 10.1. The first kappa shape index (κ1) is 13.8. The molecule has 6 heteroatoms. The maximum atomic E-state index is 8.85. The van der Waals surface area contributed by atoms with Crippen molar-refractivity contribution in [2.24, 2.45) is 0 Å². The van der Waals surface area contributed by atoms with Crippen LogP contribution in [-0.2, 0) is 6.54 Å². The molecule has 0 aliphatic carbocycles. The molecule has 0 atom stereocenters. The van der Waals surface area contributed by atoms with Gasteiger partial charge in [0.05, 0.1) is 25.3 Å². The van der Waals surface area contributed by atoms with Crippen molar-refractivity contribution < 1.29 is 4.74 Å². The number of ether oxygens (including phenoxy) is 1. The first-order valence-corrected chi connectivity index (χ1v) is 6.70. The molecular formula is C16H13N5O. The summed E-state index contributed by atoms with van der Waals surface area (Å²) in [5.41, 5.74) is 2.55. The number of tetrazole rings is 1. The number of hydrogen-bond acceptors (Lipinski definition) is 5. The highest BCUT2D eigenvalue weighted by atomic mass is 16.5. The second kappa shape index (κ2) is 6.06. The minimum absolute atomic E-state index is 0.562. The summed E-state index contributed by atoms with van der Waals surface area (Å²) in [5, 5.41) is 20.7. The Hall–Kier alpha value is -3.20. The lowest BCUT2D eigenvalue weighted by Crippen LogP contribution is -2.04. The summed E-state index contributed by atoms with van der Waals surface area (Å²) >= 11 is 0. The van der Waals surface area contributed by atoms with Crippen LogP contribution in [0.25, 0.3) is 11.4 Å². The average Bonchev–Trinajstić information content (AvgIpc) is 3.04. The van der Waals surface area contributed by atoms with Gasteiger partial charge in [-0.1, -0.05) is 12.1 Å². The van der Waals surface area contributed by atoms with Gasteiger partial charge >= 0.3 is 0 Å². The van der Waals surface area contributed by atoms with Crippen LogP contribution in [0.2, 0.25) is 0 Å². The van der Waals surface area contributed by atoms with Crippen molar-refractivity contribution in [1.82, 2.24) is 20.2 Å². The van der Waals surface area contributed by atoms with Gasteiger partial charge in [-0.25, -0.2) is 4.68 Å². The van der Waals surface area contributed by atoms with Crippen LogP contribution in [0, 0.1) is 11.3 Å². The van der Waals surface area contributed by atoms with E-state index in [0.717, 1.165) is 16.9 Å². The first-order chi connectivity index (χ1) is 10.8. The number of nitriles is 1. The van der Waals surface area contributed by atoms with Crippen LogP contribution < -0.4 is 4.74 Å². The van der Waals surface area contributed by atoms with Gasteiger partial charge in [-0.2, -0.15) is 5.26 Å². The number of nitrogens with zero attached hydrogens (tertiary/aromatic N) is 5. The van der Waals surface area contributed by atoms with Crippen molar-refractivity contribution in [3.63, 3.8) is 0 Å². The lowest BCUT2D eigenvalue weighted by molar-refractivity contribution is 0.414. The Morgan fingerprint density at radius 3 is 2.45 bits per heavy atom. The molecule has 0 saturated heterocycles. The second-order valence-electron chi connectivity index (χ2n) is 4.70. The van der Waals surface area contributed by atoms with E-state index < -0.39 is 0 Å². The zero-order valence-corrected chi connectivity index (χ0v) is 12.0. The van der Waals surface area contributed by atoms with E-state index in [2.05, 4.69) is 21.6 Å². The molecule has 0 spiro atoms. The summed E-state index contributed by atoms with van der Waals surface area (Å²) < 4.78 is 6.87. The van der Waals surface area contributed by atoms with Crippen molar-refractivity contribution in [3.05, 3.63) is 59.7 Å². The molecule has 0 aliphatic heterocycles. The maximum Gasteiger partial charge on any atom is 0.182 e. The highest BCUT2D eigenvalue weighted by Crippen LogP contribution is 2.18. The minimum atomic E-state index is 0.562. The molecule has 3 rings (SSSR count). The largest absolute Gasteiger partial charge is 0.497 e. The number of methoxy groups -OCH3 is 1. The Morgan fingerprint density at radius 2 is 1.82 bits per heavy atom. The molecule has 0 amide bonds. The lowest BCUT2D eigenvalue weighted by Gasteiger charge is -2.06. The molecule has 0 unspecified atom stereocenters. The molecule has 1 aromatic heterocycles. The Balaban J connectivity index is 1.86. The maximum absolute atomic E-state index is 8.85. The number of hydrogen-bond donors (Lipinski definition) is 0. The van der Waals surface area contributed by atoms with E-state index in [1.165, 1.54) is 0 Å². The molecule has 0 saturated carbocycles. The molecule has 108 valence electrons. The summed E-state index contributed by atoms with van der Waals surface area (Å²) in [6.45, 7) is 0.562. The molecule has 2 aromatic carbocycles. The standard InChI is InChI=1S/C16H13N5O/c1-22-15-8-4-13(5-9-15)11-21-16(18-19-20-21)14-6-2-12(10-17)3-7-14/h2-9H,11H2,1H3. The molecule has 0 radical (unpaired) electrons. The zero-order chi connectivity index (χ0) is 15.4. The van der Waals surface area contributed by atoms with Gasteiger partial charge in [0, 0.05) is 5.56 Å². The van der Waals surface area contributed by atoms with Crippen molar-refractivity contribution in [1.29, 1.82) is 5.26 Å². The van der Waals surface area contributed by atoms with E-state index in [1.54, 1.807) is 23.9 Å². The molecule has 3 aromatic rings. The van der Waals surface area contributed by atoms with E-state index in [9.17, 15) is 0 Å². The third-order valence-corrected chi connectivity index (χ3v) is 3.30. The number of benzene rings is 2. The van der Waals surface area contributed by atoms with Gasteiger partial charge in [0.1, 0.15) is 5.75 Å². The van der Waals surface area contributed by atoms with Crippen LogP contribution in [0.15, 0.2) is 48.5 Å². The van der Waals surface area contributed by atoms with Crippen LogP contribution >= 0.6 is 0 Å². The Kier molecular flexibility index (Phi) is 3.79. The van der Waals surface area contributed by atoms with Gasteiger partial charge < -0.3 is 4.74 Å².